The number of nitrogens with one attached hydrogen (secondary N) is 1. The van der Waals surface area contributed by atoms with Gasteiger partial charge in [0.1, 0.15) is 12.4 Å². The molecule has 0 spiro atoms. The number of carbonyl (C=O) groups is 1. The van der Waals surface area contributed by atoms with Crippen molar-refractivity contribution in [3.8, 4) is 5.75 Å². The molecule has 0 atom stereocenters. The normalized spacial score (nSPS) is 14.2. The van der Waals surface area contributed by atoms with Crippen LogP contribution in [0.15, 0.2) is 42.5 Å². The van der Waals surface area contributed by atoms with Crippen LogP contribution in [0.5, 0.6) is 5.75 Å². The number of carbonyl (C=O) groups excluding carboxylic acids is 1. The Morgan fingerprint density at radius 1 is 1.07 bits per heavy atom. The van der Waals surface area contributed by atoms with Crippen molar-refractivity contribution in [2.75, 3.05) is 44.2 Å². The van der Waals surface area contributed by atoms with Gasteiger partial charge in [-0.05, 0) is 30.3 Å². The topological polar surface area (TPSA) is 44.8 Å². The number of benzene rings is 2. The van der Waals surface area contributed by atoms with E-state index in [1.807, 2.05) is 24.3 Å². The Hall–Kier alpha value is -2.54. The predicted molar refractivity (Wildman–Crippen MR) is 100 cm³/mol. The van der Waals surface area contributed by atoms with E-state index < -0.39 is 11.6 Å². The first-order chi connectivity index (χ1) is 13.0. The lowest BCUT2D eigenvalue weighted by Gasteiger charge is -2.36. The molecular formula is C19H20ClF2N3O2. The minimum absolute atomic E-state index is 0.166. The van der Waals surface area contributed by atoms with Crippen LogP contribution in [0.25, 0.3) is 0 Å². The van der Waals surface area contributed by atoms with Gasteiger partial charge < -0.3 is 19.9 Å². The van der Waals surface area contributed by atoms with Crippen LogP contribution in [0, 0.1) is 11.6 Å². The van der Waals surface area contributed by atoms with Crippen LogP contribution in [0.2, 0.25) is 5.02 Å². The fourth-order valence-corrected chi connectivity index (χ4v) is 3.03. The predicted octanol–water partition coefficient (Wildman–Crippen LogP) is 3.53. The maximum atomic E-state index is 13.1. The monoisotopic (exact) mass is 395 g/mol. The van der Waals surface area contributed by atoms with Gasteiger partial charge in [-0.3, -0.25) is 0 Å². The van der Waals surface area contributed by atoms with Crippen molar-refractivity contribution >= 4 is 23.3 Å². The number of piperazine rings is 1. The summed E-state index contributed by atoms with van der Waals surface area (Å²) >= 11 is 6.02. The number of amides is 2. The second-order valence-corrected chi connectivity index (χ2v) is 6.55. The number of anilines is 1. The van der Waals surface area contributed by atoms with Crippen molar-refractivity contribution in [3.05, 3.63) is 59.1 Å². The van der Waals surface area contributed by atoms with Crippen molar-refractivity contribution in [3.63, 3.8) is 0 Å². The molecule has 0 bridgehead atoms. The molecule has 1 fully saturated rings. The Kier molecular flexibility index (Phi) is 6.34. The number of nitrogens with zero attached hydrogens (tertiary/aromatic N) is 2. The third-order valence-electron chi connectivity index (χ3n) is 4.28. The molecule has 0 saturated carbocycles. The standard InChI is InChI=1S/C19H20ClF2N3O2/c20-14-2-1-3-15(12-14)24-7-9-25(10-8-24)19(26)23-6-11-27-16-4-5-17(21)18(22)13-16/h1-5,12-13H,6-11H2,(H,23,26). The summed E-state index contributed by atoms with van der Waals surface area (Å²) in [6.07, 6.45) is 0. The van der Waals surface area contributed by atoms with E-state index in [0.717, 1.165) is 30.9 Å². The molecule has 27 heavy (non-hydrogen) atoms. The van der Waals surface area contributed by atoms with E-state index in [1.165, 1.54) is 6.07 Å². The van der Waals surface area contributed by atoms with Crippen LogP contribution < -0.4 is 15.0 Å². The van der Waals surface area contributed by atoms with Gasteiger partial charge in [0, 0.05) is 43.0 Å². The van der Waals surface area contributed by atoms with Crippen LogP contribution in [-0.4, -0.2) is 50.3 Å². The second-order valence-electron chi connectivity index (χ2n) is 6.11. The zero-order valence-electron chi connectivity index (χ0n) is 14.6. The van der Waals surface area contributed by atoms with Crippen LogP contribution in [0.4, 0.5) is 19.3 Å². The highest BCUT2D eigenvalue weighted by Crippen LogP contribution is 2.20. The van der Waals surface area contributed by atoms with E-state index in [-0.39, 0.29) is 24.9 Å². The first-order valence-electron chi connectivity index (χ1n) is 8.64. The van der Waals surface area contributed by atoms with Crippen LogP contribution in [0.1, 0.15) is 0 Å². The van der Waals surface area contributed by atoms with E-state index in [1.54, 1.807) is 4.90 Å². The Bertz CT molecular complexity index is 798. The summed E-state index contributed by atoms with van der Waals surface area (Å²) in [7, 11) is 0. The highest BCUT2D eigenvalue weighted by atomic mass is 35.5. The van der Waals surface area contributed by atoms with Crippen molar-refractivity contribution in [1.82, 2.24) is 10.2 Å². The van der Waals surface area contributed by atoms with Crippen LogP contribution in [0.3, 0.4) is 0 Å². The Balaban J connectivity index is 1.38. The highest BCUT2D eigenvalue weighted by molar-refractivity contribution is 6.30. The molecule has 1 aliphatic heterocycles. The van der Waals surface area contributed by atoms with E-state index in [4.69, 9.17) is 16.3 Å². The van der Waals surface area contributed by atoms with Gasteiger partial charge in [-0.25, -0.2) is 13.6 Å². The average molecular weight is 396 g/mol. The van der Waals surface area contributed by atoms with E-state index in [0.29, 0.717) is 18.1 Å². The molecule has 1 aliphatic rings. The number of rotatable bonds is 5. The third-order valence-corrected chi connectivity index (χ3v) is 4.51. The van der Waals surface area contributed by atoms with Crippen LogP contribution in [-0.2, 0) is 0 Å². The fraction of sp³-hybridized carbons (Fsp3) is 0.316. The molecule has 2 aromatic rings. The van der Waals surface area contributed by atoms with Gasteiger partial charge in [-0.15, -0.1) is 0 Å². The summed E-state index contributed by atoms with van der Waals surface area (Å²) < 4.78 is 31.2. The average Bonchev–Trinajstić information content (AvgIpc) is 2.68. The lowest BCUT2D eigenvalue weighted by atomic mass is 10.2. The highest BCUT2D eigenvalue weighted by Gasteiger charge is 2.21. The van der Waals surface area contributed by atoms with Gasteiger partial charge in [0.2, 0.25) is 0 Å². The quantitative estimate of drug-likeness (QED) is 0.788. The summed E-state index contributed by atoms with van der Waals surface area (Å²) in [5.74, 6) is -1.67. The number of halogens is 3. The Labute approximate surface area is 161 Å². The number of hydrogen-bond donors (Lipinski definition) is 1. The molecule has 8 heteroatoms. The molecule has 5 nitrogen and oxygen atoms in total. The van der Waals surface area contributed by atoms with Gasteiger partial charge in [0.15, 0.2) is 11.6 Å². The summed E-state index contributed by atoms with van der Waals surface area (Å²) in [6, 6.07) is 10.8. The van der Waals surface area contributed by atoms with Gasteiger partial charge in [-0.2, -0.15) is 0 Å². The maximum absolute atomic E-state index is 13.1. The van der Waals surface area contributed by atoms with Gasteiger partial charge >= 0.3 is 6.03 Å². The molecule has 0 radical (unpaired) electrons. The van der Waals surface area contributed by atoms with Crippen LogP contribution >= 0.6 is 11.6 Å². The van der Waals surface area contributed by atoms with E-state index in [2.05, 4.69) is 10.2 Å². The zero-order valence-corrected chi connectivity index (χ0v) is 15.4. The molecule has 0 aromatic heterocycles. The summed E-state index contributed by atoms with van der Waals surface area (Å²) in [6.45, 7) is 3.08. The first kappa shape index (κ1) is 19.2. The molecule has 2 aromatic carbocycles. The van der Waals surface area contributed by atoms with E-state index in [9.17, 15) is 13.6 Å². The second kappa shape index (κ2) is 8.90. The van der Waals surface area contributed by atoms with Crippen molar-refractivity contribution in [2.24, 2.45) is 0 Å². The molecule has 2 amide bonds. The molecule has 3 rings (SSSR count). The molecule has 1 heterocycles. The van der Waals surface area contributed by atoms with Crippen molar-refractivity contribution in [1.29, 1.82) is 0 Å². The van der Waals surface area contributed by atoms with Crippen molar-refractivity contribution in [2.45, 2.75) is 0 Å². The number of urea groups is 1. The number of ether oxygens (including phenoxy) is 1. The zero-order chi connectivity index (χ0) is 19.2. The third kappa shape index (κ3) is 5.23. The smallest absolute Gasteiger partial charge is 0.317 e. The largest absolute Gasteiger partial charge is 0.492 e. The minimum Gasteiger partial charge on any atom is -0.492 e. The lowest BCUT2D eigenvalue weighted by Crippen LogP contribution is -2.52. The minimum atomic E-state index is -0.964. The molecule has 144 valence electrons. The molecule has 0 aliphatic carbocycles. The lowest BCUT2D eigenvalue weighted by molar-refractivity contribution is 0.191. The van der Waals surface area contributed by atoms with Gasteiger partial charge in [0.05, 0.1) is 6.54 Å². The molecular weight excluding hydrogens is 376 g/mol. The van der Waals surface area contributed by atoms with E-state index >= 15 is 0 Å². The Morgan fingerprint density at radius 2 is 1.85 bits per heavy atom. The Morgan fingerprint density at radius 3 is 2.56 bits per heavy atom. The summed E-state index contributed by atoms with van der Waals surface area (Å²) in [5, 5.41) is 3.46. The maximum Gasteiger partial charge on any atom is 0.317 e. The fourth-order valence-electron chi connectivity index (χ4n) is 2.85. The summed E-state index contributed by atoms with van der Waals surface area (Å²) in [4.78, 5) is 16.1. The molecule has 1 N–H and O–H groups in total. The first-order valence-corrected chi connectivity index (χ1v) is 9.02. The number of hydrogen-bond acceptors (Lipinski definition) is 3. The van der Waals surface area contributed by atoms with Crippen molar-refractivity contribution < 1.29 is 18.3 Å². The molecule has 1 saturated heterocycles. The van der Waals surface area contributed by atoms with Gasteiger partial charge in [0.25, 0.3) is 0 Å². The molecule has 0 unspecified atom stereocenters. The van der Waals surface area contributed by atoms with Gasteiger partial charge in [-0.1, -0.05) is 17.7 Å². The summed E-state index contributed by atoms with van der Waals surface area (Å²) in [5.41, 5.74) is 1.04. The SMILES string of the molecule is O=C(NCCOc1ccc(F)c(F)c1)N1CCN(c2cccc(Cl)c2)CC1.